The zero-order valence-electron chi connectivity index (χ0n) is 10.8. The Morgan fingerprint density at radius 2 is 1.67 bits per heavy atom. The smallest absolute Gasteiger partial charge is 0.332 e. The summed E-state index contributed by atoms with van der Waals surface area (Å²) in [5.74, 6) is -1.17. The summed E-state index contributed by atoms with van der Waals surface area (Å²) in [6, 6.07) is -2.30. The van der Waals surface area contributed by atoms with Crippen LogP contribution in [0.15, 0.2) is 0 Å². The second-order valence-corrected chi connectivity index (χ2v) is 4.00. The Balaban J connectivity index is 3.14. The SMILES string of the molecule is O=C(NC1(CO)C(=O)N(CO)C(=O)N1CO)N(CO)CO. The number of amides is 5. The molecule has 21 heavy (non-hydrogen) atoms. The Kier molecular flexibility index (Phi) is 5.40. The third-order valence-electron chi connectivity index (χ3n) is 2.98. The lowest BCUT2D eigenvalue weighted by Crippen LogP contribution is -2.66. The number of nitrogens with zero attached hydrogens (tertiary/aromatic N) is 3. The van der Waals surface area contributed by atoms with Crippen molar-refractivity contribution in [2.75, 3.05) is 33.5 Å². The van der Waals surface area contributed by atoms with E-state index in [1.165, 1.54) is 0 Å². The Bertz CT molecular complexity index is 428. The lowest BCUT2D eigenvalue weighted by molar-refractivity contribution is -0.140. The third-order valence-corrected chi connectivity index (χ3v) is 2.98. The lowest BCUT2D eigenvalue weighted by Gasteiger charge is -2.34. The van der Waals surface area contributed by atoms with Gasteiger partial charge in [0.25, 0.3) is 5.91 Å². The minimum atomic E-state index is -2.34. The molecule has 6 N–H and O–H groups in total. The molecule has 0 spiro atoms. The fraction of sp³-hybridized carbons (Fsp3) is 0.667. The summed E-state index contributed by atoms with van der Waals surface area (Å²) < 4.78 is 0. The Morgan fingerprint density at radius 1 is 1.10 bits per heavy atom. The van der Waals surface area contributed by atoms with Crippen molar-refractivity contribution >= 4 is 18.0 Å². The molecular weight excluding hydrogens is 292 g/mol. The lowest BCUT2D eigenvalue weighted by atomic mass is 10.1. The molecular formula is C9H16N4O8. The summed E-state index contributed by atoms with van der Waals surface area (Å²) >= 11 is 0. The third kappa shape index (κ3) is 2.62. The first-order chi connectivity index (χ1) is 9.93. The number of nitrogens with one attached hydrogen (secondary N) is 1. The molecule has 0 bridgehead atoms. The molecule has 1 heterocycles. The quantitative estimate of drug-likeness (QED) is 0.211. The number of aliphatic hydroxyl groups is 5. The van der Waals surface area contributed by atoms with E-state index in [0.29, 0.717) is 14.7 Å². The largest absolute Gasteiger partial charge is 0.391 e. The van der Waals surface area contributed by atoms with Gasteiger partial charge in [-0.05, 0) is 0 Å². The number of aliphatic hydroxyl groups excluding tert-OH is 5. The van der Waals surface area contributed by atoms with E-state index in [4.69, 9.17) is 20.4 Å². The molecule has 0 aromatic rings. The van der Waals surface area contributed by atoms with Crippen LogP contribution in [0, 0.1) is 0 Å². The molecule has 0 saturated carbocycles. The van der Waals surface area contributed by atoms with Crippen molar-refractivity contribution in [3.05, 3.63) is 0 Å². The van der Waals surface area contributed by atoms with Gasteiger partial charge in [0.05, 0.1) is 6.61 Å². The van der Waals surface area contributed by atoms with Gasteiger partial charge in [0.15, 0.2) is 0 Å². The second kappa shape index (κ2) is 6.64. The van der Waals surface area contributed by atoms with Gasteiger partial charge in [-0.3, -0.25) is 14.6 Å². The van der Waals surface area contributed by atoms with Crippen LogP contribution in [0.1, 0.15) is 0 Å². The molecule has 5 amide bonds. The van der Waals surface area contributed by atoms with Crippen LogP contribution < -0.4 is 5.32 Å². The summed E-state index contributed by atoms with van der Waals surface area (Å²) in [7, 11) is 0. The first-order valence-corrected chi connectivity index (χ1v) is 5.68. The van der Waals surface area contributed by atoms with E-state index in [1.54, 1.807) is 0 Å². The van der Waals surface area contributed by atoms with Crippen LogP contribution in [0.5, 0.6) is 0 Å². The van der Waals surface area contributed by atoms with Crippen molar-refractivity contribution in [1.82, 2.24) is 20.0 Å². The van der Waals surface area contributed by atoms with Gasteiger partial charge in [-0.15, -0.1) is 0 Å². The Hall–Kier alpha value is -1.99. The van der Waals surface area contributed by atoms with E-state index >= 15 is 0 Å². The fourth-order valence-electron chi connectivity index (χ4n) is 1.78. The van der Waals surface area contributed by atoms with E-state index in [0.717, 1.165) is 0 Å². The van der Waals surface area contributed by atoms with Crippen LogP contribution in [0.3, 0.4) is 0 Å². The predicted molar refractivity (Wildman–Crippen MR) is 62.6 cm³/mol. The highest BCUT2D eigenvalue weighted by molar-refractivity contribution is 6.08. The molecule has 120 valence electrons. The second-order valence-electron chi connectivity index (χ2n) is 4.00. The van der Waals surface area contributed by atoms with E-state index in [9.17, 15) is 19.5 Å². The van der Waals surface area contributed by atoms with Crippen LogP contribution in [-0.2, 0) is 4.79 Å². The van der Waals surface area contributed by atoms with Gasteiger partial charge in [0.2, 0.25) is 5.66 Å². The van der Waals surface area contributed by atoms with Crippen molar-refractivity contribution in [2.45, 2.75) is 5.66 Å². The molecule has 1 unspecified atom stereocenters. The number of hydrogen-bond acceptors (Lipinski definition) is 8. The Labute approximate surface area is 118 Å². The minimum absolute atomic E-state index is 0.301. The first kappa shape index (κ1) is 17.1. The highest BCUT2D eigenvalue weighted by Crippen LogP contribution is 2.25. The number of carbonyl (C=O) groups excluding carboxylic acids is 3. The molecule has 12 heteroatoms. The highest BCUT2D eigenvalue weighted by atomic mass is 16.3. The summed E-state index contributed by atoms with van der Waals surface area (Å²) in [6.45, 7) is -4.93. The van der Waals surface area contributed by atoms with E-state index < -0.39 is 57.2 Å². The number of hydrogen-bond donors (Lipinski definition) is 6. The zero-order valence-corrected chi connectivity index (χ0v) is 10.8. The van der Waals surface area contributed by atoms with Gasteiger partial charge in [-0.1, -0.05) is 0 Å². The number of imide groups is 1. The summed E-state index contributed by atoms with van der Waals surface area (Å²) in [5.41, 5.74) is -2.34. The molecule has 1 saturated heterocycles. The maximum Gasteiger partial charge on any atom is 0.332 e. The van der Waals surface area contributed by atoms with Gasteiger partial charge in [-0.2, -0.15) is 0 Å². The van der Waals surface area contributed by atoms with Crippen molar-refractivity contribution < 1.29 is 39.9 Å². The van der Waals surface area contributed by atoms with Crippen LogP contribution in [-0.4, -0.2) is 97.4 Å². The molecule has 1 atom stereocenters. The number of rotatable bonds is 6. The molecule has 1 aliphatic rings. The van der Waals surface area contributed by atoms with E-state index in [1.807, 2.05) is 5.32 Å². The molecule has 1 fully saturated rings. The van der Waals surface area contributed by atoms with Gasteiger partial charge in [0.1, 0.15) is 26.9 Å². The Morgan fingerprint density at radius 3 is 2.05 bits per heavy atom. The fourth-order valence-corrected chi connectivity index (χ4v) is 1.78. The summed E-state index contributed by atoms with van der Waals surface area (Å²) in [6.07, 6.45) is 0. The zero-order chi connectivity index (χ0) is 16.2. The molecule has 0 aliphatic carbocycles. The van der Waals surface area contributed by atoms with E-state index in [2.05, 4.69) is 0 Å². The van der Waals surface area contributed by atoms with Gasteiger partial charge in [-0.25, -0.2) is 14.5 Å². The minimum Gasteiger partial charge on any atom is -0.391 e. The molecule has 1 aliphatic heterocycles. The van der Waals surface area contributed by atoms with E-state index in [-0.39, 0.29) is 0 Å². The van der Waals surface area contributed by atoms with Crippen LogP contribution >= 0.6 is 0 Å². The molecule has 1 rings (SSSR count). The summed E-state index contributed by atoms with van der Waals surface area (Å²) in [5, 5.41) is 47.2. The van der Waals surface area contributed by atoms with Crippen molar-refractivity contribution in [3.63, 3.8) is 0 Å². The predicted octanol–water partition coefficient (Wildman–Crippen LogP) is -4.25. The standard InChI is InChI=1S/C9H16N4O8/c14-1-9(10-7(20)11(2-15)3-16)6(19)12(4-17)8(21)13(9)5-18/h14-18H,1-5H2,(H,10,20). The van der Waals surface area contributed by atoms with Gasteiger partial charge >= 0.3 is 12.1 Å². The van der Waals surface area contributed by atoms with Crippen molar-refractivity contribution in [1.29, 1.82) is 0 Å². The van der Waals surface area contributed by atoms with Crippen LogP contribution in [0.2, 0.25) is 0 Å². The average Bonchev–Trinajstić information content (AvgIpc) is 2.67. The first-order valence-electron chi connectivity index (χ1n) is 5.68. The van der Waals surface area contributed by atoms with Gasteiger partial charge in [0, 0.05) is 0 Å². The average molecular weight is 308 g/mol. The van der Waals surface area contributed by atoms with Crippen LogP contribution in [0.25, 0.3) is 0 Å². The topological polar surface area (TPSA) is 174 Å². The molecule has 0 aromatic heterocycles. The number of carbonyl (C=O) groups is 3. The van der Waals surface area contributed by atoms with Crippen LogP contribution in [0.4, 0.5) is 9.59 Å². The molecule has 0 radical (unpaired) electrons. The molecule has 0 aromatic carbocycles. The highest BCUT2D eigenvalue weighted by Gasteiger charge is 2.58. The molecule has 12 nitrogen and oxygen atoms in total. The monoisotopic (exact) mass is 308 g/mol. The maximum absolute atomic E-state index is 12.1. The van der Waals surface area contributed by atoms with Crippen molar-refractivity contribution in [3.8, 4) is 0 Å². The van der Waals surface area contributed by atoms with Crippen molar-refractivity contribution in [2.24, 2.45) is 0 Å². The normalized spacial score (nSPS) is 22.0. The maximum atomic E-state index is 12.1. The van der Waals surface area contributed by atoms with Gasteiger partial charge < -0.3 is 30.8 Å². The summed E-state index contributed by atoms with van der Waals surface area (Å²) in [4.78, 5) is 36.8. The number of urea groups is 2.